The van der Waals surface area contributed by atoms with Crippen LogP contribution in [0.1, 0.15) is 17.7 Å². The standard InChI is InChI=1S/C18H21N3O3S.C2H5NO2/c1-13-16(19-9-8-17(13)24-11-5-10-23-2)12-25(22)18-20-14-6-3-4-7-15(14)21-18;3-1-2(4)5/h3-4,6-9H,5,10-12H2,1-2H3,(H,20,21);1,3H2,(H,4,5). The SMILES string of the molecule is COCCCOc1ccnc(C[S+]([O-])c2nc3ccccc3[nH]2)c1C.NCC(=O)O. The highest BCUT2D eigenvalue weighted by molar-refractivity contribution is 7.90. The molecule has 1 atom stereocenters. The van der Waals surface area contributed by atoms with Gasteiger partial charge in [0.2, 0.25) is 0 Å². The predicted octanol–water partition coefficient (Wildman–Crippen LogP) is 2.02. The van der Waals surface area contributed by atoms with Crippen molar-refractivity contribution in [3.8, 4) is 5.75 Å². The third-order valence-electron chi connectivity index (χ3n) is 4.03. The highest BCUT2D eigenvalue weighted by Crippen LogP contribution is 2.24. The van der Waals surface area contributed by atoms with Crippen LogP contribution in [0.5, 0.6) is 5.75 Å². The number of aromatic amines is 1. The lowest BCUT2D eigenvalue weighted by Gasteiger charge is -2.12. The van der Waals surface area contributed by atoms with E-state index >= 15 is 0 Å². The molecule has 0 spiro atoms. The molecule has 0 aliphatic heterocycles. The molecule has 1 unspecified atom stereocenters. The van der Waals surface area contributed by atoms with Gasteiger partial charge in [-0.2, -0.15) is 4.98 Å². The summed E-state index contributed by atoms with van der Waals surface area (Å²) in [5.41, 5.74) is 7.92. The number of methoxy groups -OCH3 is 1. The van der Waals surface area contributed by atoms with E-state index in [1.165, 1.54) is 0 Å². The van der Waals surface area contributed by atoms with Crippen LogP contribution in [0.4, 0.5) is 0 Å². The summed E-state index contributed by atoms with van der Waals surface area (Å²) in [7, 11) is 1.67. The fourth-order valence-electron chi connectivity index (χ4n) is 2.48. The summed E-state index contributed by atoms with van der Waals surface area (Å²) in [6.45, 7) is 2.89. The van der Waals surface area contributed by atoms with Crippen molar-refractivity contribution in [2.45, 2.75) is 24.3 Å². The number of aliphatic carboxylic acids is 1. The Morgan fingerprint density at radius 1 is 1.30 bits per heavy atom. The molecule has 0 saturated carbocycles. The number of imidazole rings is 1. The number of ether oxygens (including phenoxy) is 2. The topological polar surface area (TPSA) is 146 Å². The Bertz CT molecular complexity index is 917. The number of aromatic nitrogens is 3. The number of carbonyl (C=O) groups is 1. The van der Waals surface area contributed by atoms with Gasteiger partial charge in [-0.1, -0.05) is 12.1 Å². The normalized spacial score (nSPS) is 11.6. The molecule has 10 heteroatoms. The molecule has 3 rings (SSSR count). The molecule has 2 heterocycles. The summed E-state index contributed by atoms with van der Waals surface area (Å²) in [6, 6.07) is 9.47. The monoisotopic (exact) mass is 434 g/mol. The number of rotatable bonds is 9. The number of nitrogens with one attached hydrogen (secondary N) is 1. The predicted molar refractivity (Wildman–Crippen MR) is 114 cm³/mol. The van der Waals surface area contributed by atoms with Gasteiger partial charge >= 0.3 is 11.1 Å². The first kappa shape index (κ1) is 23.6. The second kappa shape index (κ2) is 12.1. The molecule has 0 amide bonds. The van der Waals surface area contributed by atoms with Crippen LogP contribution in [-0.4, -0.2) is 57.4 Å². The molecule has 0 bridgehead atoms. The fourth-order valence-corrected chi connectivity index (χ4v) is 3.58. The molecule has 3 aromatic rings. The molecule has 0 aliphatic carbocycles. The summed E-state index contributed by atoms with van der Waals surface area (Å²) in [5.74, 6) is 0.0914. The molecular weight excluding hydrogens is 408 g/mol. The van der Waals surface area contributed by atoms with Gasteiger partial charge in [-0.15, -0.1) is 0 Å². The highest BCUT2D eigenvalue weighted by atomic mass is 32.2. The van der Waals surface area contributed by atoms with E-state index in [1.54, 1.807) is 13.3 Å². The van der Waals surface area contributed by atoms with Crippen LogP contribution in [0.25, 0.3) is 11.0 Å². The first-order valence-corrected chi connectivity index (χ1v) is 10.6. The Balaban J connectivity index is 0.000000575. The second-order valence-corrected chi connectivity index (χ2v) is 7.59. The largest absolute Gasteiger partial charge is 0.609 e. The van der Waals surface area contributed by atoms with Crippen LogP contribution < -0.4 is 10.5 Å². The molecule has 0 aliphatic rings. The van der Waals surface area contributed by atoms with Crippen molar-refractivity contribution < 1.29 is 23.9 Å². The number of carboxylic acid groups (broad SMARTS) is 1. The minimum absolute atomic E-state index is 0.278. The number of hydrogen-bond donors (Lipinski definition) is 3. The van der Waals surface area contributed by atoms with E-state index in [0.717, 1.165) is 34.5 Å². The maximum absolute atomic E-state index is 12.7. The molecule has 30 heavy (non-hydrogen) atoms. The van der Waals surface area contributed by atoms with Crippen molar-refractivity contribution in [2.75, 3.05) is 26.9 Å². The van der Waals surface area contributed by atoms with Gasteiger partial charge in [0.15, 0.2) is 5.75 Å². The van der Waals surface area contributed by atoms with Crippen LogP contribution in [-0.2, 0) is 26.5 Å². The van der Waals surface area contributed by atoms with E-state index in [-0.39, 0.29) is 6.54 Å². The average molecular weight is 435 g/mol. The van der Waals surface area contributed by atoms with Gasteiger partial charge in [0.1, 0.15) is 5.75 Å². The van der Waals surface area contributed by atoms with Gasteiger partial charge in [0, 0.05) is 43.1 Å². The van der Waals surface area contributed by atoms with Crippen LogP contribution in [0.2, 0.25) is 0 Å². The minimum atomic E-state index is -1.30. The molecular formula is C20H26N4O5S. The zero-order chi connectivity index (χ0) is 21.9. The number of para-hydroxylation sites is 2. The molecule has 4 N–H and O–H groups in total. The zero-order valence-electron chi connectivity index (χ0n) is 17.0. The summed E-state index contributed by atoms with van der Waals surface area (Å²) in [5, 5.41) is 8.06. The fraction of sp³-hybridized carbons (Fsp3) is 0.350. The number of carboxylic acids is 1. The van der Waals surface area contributed by atoms with Crippen molar-refractivity contribution in [3.05, 3.63) is 47.8 Å². The molecule has 0 fully saturated rings. The maximum Gasteiger partial charge on any atom is 0.322 e. The lowest BCUT2D eigenvalue weighted by Crippen LogP contribution is -2.10. The lowest BCUT2D eigenvalue weighted by molar-refractivity contribution is -0.135. The van der Waals surface area contributed by atoms with E-state index in [9.17, 15) is 9.35 Å². The van der Waals surface area contributed by atoms with Gasteiger partial charge < -0.3 is 24.9 Å². The van der Waals surface area contributed by atoms with Crippen molar-refractivity contribution >= 4 is 28.2 Å². The van der Waals surface area contributed by atoms with Crippen molar-refractivity contribution in [3.63, 3.8) is 0 Å². The molecule has 0 radical (unpaired) electrons. The Morgan fingerprint density at radius 3 is 2.70 bits per heavy atom. The number of pyridine rings is 1. The van der Waals surface area contributed by atoms with E-state index in [1.807, 2.05) is 37.3 Å². The quantitative estimate of drug-likeness (QED) is 0.342. The van der Waals surface area contributed by atoms with E-state index in [4.69, 9.17) is 14.6 Å². The first-order valence-electron chi connectivity index (χ1n) is 9.27. The maximum atomic E-state index is 12.7. The lowest BCUT2D eigenvalue weighted by atomic mass is 10.2. The number of hydrogen-bond acceptors (Lipinski definition) is 7. The third-order valence-corrected chi connectivity index (χ3v) is 5.20. The summed E-state index contributed by atoms with van der Waals surface area (Å²) >= 11 is -1.30. The minimum Gasteiger partial charge on any atom is -0.609 e. The van der Waals surface area contributed by atoms with Gasteiger partial charge in [0.25, 0.3) is 0 Å². The van der Waals surface area contributed by atoms with Crippen molar-refractivity contribution in [2.24, 2.45) is 5.73 Å². The zero-order valence-corrected chi connectivity index (χ0v) is 17.8. The summed E-state index contributed by atoms with van der Waals surface area (Å²) in [6.07, 6.45) is 2.50. The van der Waals surface area contributed by atoms with Gasteiger partial charge in [-0.25, -0.2) is 0 Å². The molecule has 2 aromatic heterocycles. The molecule has 9 nitrogen and oxygen atoms in total. The Hall–Kier alpha value is -2.66. The van der Waals surface area contributed by atoms with Crippen LogP contribution in [0, 0.1) is 6.92 Å². The Labute approximate surface area is 177 Å². The van der Waals surface area contributed by atoms with Gasteiger partial charge in [0.05, 0.1) is 29.9 Å². The third kappa shape index (κ3) is 6.99. The molecule has 1 aromatic carbocycles. The first-order chi connectivity index (χ1) is 14.5. The summed E-state index contributed by atoms with van der Waals surface area (Å²) < 4.78 is 23.5. The van der Waals surface area contributed by atoms with Crippen LogP contribution >= 0.6 is 0 Å². The number of nitrogens with two attached hydrogens (primary N) is 1. The van der Waals surface area contributed by atoms with E-state index < -0.39 is 17.1 Å². The highest BCUT2D eigenvalue weighted by Gasteiger charge is 2.20. The van der Waals surface area contributed by atoms with Gasteiger partial charge in [-0.3, -0.25) is 14.8 Å². The van der Waals surface area contributed by atoms with E-state index in [2.05, 4.69) is 20.7 Å². The number of H-pyrrole nitrogens is 1. The Morgan fingerprint density at radius 2 is 2.03 bits per heavy atom. The Kier molecular flexibility index (Phi) is 9.55. The number of fused-ring (bicyclic) bond motifs is 1. The van der Waals surface area contributed by atoms with E-state index in [0.29, 0.717) is 24.1 Å². The smallest absolute Gasteiger partial charge is 0.322 e. The summed E-state index contributed by atoms with van der Waals surface area (Å²) in [4.78, 5) is 21.1. The second-order valence-electron chi connectivity index (χ2n) is 6.22. The van der Waals surface area contributed by atoms with Crippen LogP contribution in [0.3, 0.4) is 0 Å². The van der Waals surface area contributed by atoms with Crippen LogP contribution in [0.15, 0.2) is 41.7 Å². The molecule has 0 saturated heterocycles. The van der Waals surface area contributed by atoms with Crippen molar-refractivity contribution in [1.82, 2.24) is 15.0 Å². The van der Waals surface area contributed by atoms with Crippen molar-refractivity contribution in [1.29, 1.82) is 0 Å². The number of nitrogens with zero attached hydrogens (tertiary/aromatic N) is 2. The average Bonchev–Trinajstić information content (AvgIpc) is 3.18. The molecule has 162 valence electrons. The van der Waals surface area contributed by atoms with Gasteiger partial charge in [-0.05, 0) is 25.1 Å². The number of benzene rings is 1.